The van der Waals surface area contributed by atoms with Crippen LogP contribution >= 0.6 is 0 Å². The van der Waals surface area contributed by atoms with E-state index in [2.05, 4.69) is 70.2 Å². The Morgan fingerprint density at radius 2 is 1.83 bits per heavy atom. The van der Waals surface area contributed by atoms with E-state index in [1.807, 2.05) is 12.3 Å². The van der Waals surface area contributed by atoms with Crippen molar-refractivity contribution >= 4 is 16.6 Å². The first-order chi connectivity index (χ1) is 14.7. The predicted octanol–water partition coefficient (Wildman–Crippen LogP) is 4.05. The molecule has 0 unspecified atom stereocenters. The average Bonchev–Trinajstić information content (AvgIpc) is 3.14. The summed E-state index contributed by atoms with van der Waals surface area (Å²) in [5, 5.41) is 12.0. The van der Waals surface area contributed by atoms with Crippen LogP contribution in [-0.2, 0) is 6.42 Å². The van der Waals surface area contributed by atoms with Gasteiger partial charge in [-0.3, -0.25) is 9.88 Å². The standard InChI is InChI=1S/C26H31N3O/c1-19-5-4-6-23(15-19)28-13-10-22(11-14-28)29-17-21(26(30)18-29)16-20-9-12-27-25-8-3-2-7-24(20)25/h2-9,12,15,21-22,26,30H,10-11,13-14,16-18H2,1H3/t21-,26+/m1/s1. The largest absolute Gasteiger partial charge is 0.391 e. The van der Waals surface area contributed by atoms with Crippen molar-refractivity contribution in [3.8, 4) is 0 Å². The zero-order chi connectivity index (χ0) is 20.5. The molecular formula is C26H31N3O. The SMILES string of the molecule is Cc1cccc(N2CCC(N3C[C@@H](Cc4ccnc5ccccc45)[C@@H](O)C3)CC2)c1. The van der Waals surface area contributed by atoms with E-state index in [1.165, 1.54) is 35.0 Å². The van der Waals surface area contributed by atoms with Gasteiger partial charge in [-0.1, -0.05) is 30.3 Å². The lowest BCUT2D eigenvalue weighted by Gasteiger charge is -2.38. The zero-order valence-electron chi connectivity index (χ0n) is 17.7. The lowest BCUT2D eigenvalue weighted by molar-refractivity contribution is 0.132. The van der Waals surface area contributed by atoms with Crippen LogP contribution in [0.2, 0.25) is 0 Å². The summed E-state index contributed by atoms with van der Waals surface area (Å²) in [5.74, 6) is 0.297. The van der Waals surface area contributed by atoms with Crippen LogP contribution in [0.3, 0.4) is 0 Å². The molecule has 0 amide bonds. The van der Waals surface area contributed by atoms with Gasteiger partial charge >= 0.3 is 0 Å². The van der Waals surface area contributed by atoms with E-state index in [4.69, 9.17) is 0 Å². The molecular weight excluding hydrogens is 370 g/mol. The zero-order valence-corrected chi connectivity index (χ0v) is 17.7. The molecule has 2 saturated heterocycles. The van der Waals surface area contributed by atoms with E-state index in [0.717, 1.165) is 38.1 Å². The highest BCUT2D eigenvalue weighted by Gasteiger charge is 2.36. The fourth-order valence-corrected chi connectivity index (χ4v) is 5.31. The third kappa shape index (κ3) is 3.94. The van der Waals surface area contributed by atoms with Crippen LogP contribution in [0.4, 0.5) is 5.69 Å². The smallest absolute Gasteiger partial charge is 0.0710 e. The number of hydrogen-bond donors (Lipinski definition) is 1. The Bertz CT molecular complexity index is 1010. The number of fused-ring (bicyclic) bond motifs is 1. The van der Waals surface area contributed by atoms with Gasteiger partial charge in [-0.25, -0.2) is 0 Å². The van der Waals surface area contributed by atoms with Crippen molar-refractivity contribution in [1.82, 2.24) is 9.88 Å². The summed E-state index contributed by atoms with van der Waals surface area (Å²) in [6.07, 6.45) is 4.92. The summed E-state index contributed by atoms with van der Waals surface area (Å²) < 4.78 is 0. The number of anilines is 1. The minimum absolute atomic E-state index is 0.244. The summed E-state index contributed by atoms with van der Waals surface area (Å²) in [6.45, 7) is 6.16. The number of aliphatic hydroxyl groups excluding tert-OH is 1. The van der Waals surface area contributed by atoms with Gasteiger partial charge in [-0.05, 0) is 61.6 Å². The molecule has 5 rings (SSSR count). The van der Waals surface area contributed by atoms with Crippen molar-refractivity contribution < 1.29 is 5.11 Å². The van der Waals surface area contributed by atoms with E-state index in [-0.39, 0.29) is 6.10 Å². The second-order valence-electron chi connectivity index (χ2n) is 9.03. The maximum atomic E-state index is 10.8. The highest BCUT2D eigenvalue weighted by Crippen LogP contribution is 2.30. The van der Waals surface area contributed by atoms with Gasteiger partial charge in [0.2, 0.25) is 0 Å². The van der Waals surface area contributed by atoms with Crippen LogP contribution in [-0.4, -0.2) is 53.3 Å². The molecule has 0 spiro atoms. The van der Waals surface area contributed by atoms with E-state index in [1.54, 1.807) is 0 Å². The number of para-hydroxylation sites is 1. The second-order valence-corrected chi connectivity index (χ2v) is 9.03. The van der Waals surface area contributed by atoms with Crippen molar-refractivity contribution in [2.75, 3.05) is 31.1 Å². The molecule has 2 aromatic carbocycles. The average molecular weight is 402 g/mol. The summed E-state index contributed by atoms with van der Waals surface area (Å²) >= 11 is 0. The number of likely N-dealkylation sites (tertiary alicyclic amines) is 1. The van der Waals surface area contributed by atoms with Crippen LogP contribution in [0, 0.1) is 12.8 Å². The number of nitrogens with zero attached hydrogens (tertiary/aromatic N) is 3. The number of aliphatic hydroxyl groups is 1. The molecule has 4 heteroatoms. The Kier molecular flexibility index (Phi) is 5.45. The molecule has 0 saturated carbocycles. The first kappa shape index (κ1) is 19.5. The van der Waals surface area contributed by atoms with E-state index < -0.39 is 0 Å². The molecule has 3 heterocycles. The van der Waals surface area contributed by atoms with Gasteiger partial charge in [-0.15, -0.1) is 0 Å². The number of pyridine rings is 1. The predicted molar refractivity (Wildman–Crippen MR) is 123 cm³/mol. The Morgan fingerprint density at radius 3 is 2.67 bits per heavy atom. The van der Waals surface area contributed by atoms with Crippen molar-refractivity contribution in [3.63, 3.8) is 0 Å². The molecule has 2 aliphatic heterocycles. The Balaban J connectivity index is 1.22. The van der Waals surface area contributed by atoms with E-state index >= 15 is 0 Å². The fraction of sp³-hybridized carbons (Fsp3) is 0.423. The van der Waals surface area contributed by atoms with E-state index in [0.29, 0.717) is 12.0 Å². The molecule has 0 bridgehead atoms. The van der Waals surface area contributed by atoms with Crippen molar-refractivity contribution in [2.24, 2.45) is 5.92 Å². The minimum atomic E-state index is -0.244. The van der Waals surface area contributed by atoms with Crippen LogP contribution in [0.1, 0.15) is 24.0 Å². The van der Waals surface area contributed by atoms with Crippen LogP contribution in [0.15, 0.2) is 60.8 Å². The molecule has 0 aliphatic carbocycles. The monoisotopic (exact) mass is 401 g/mol. The van der Waals surface area contributed by atoms with Gasteiger partial charge in [0.1, 0.15) is 0 Å². The van der Waals surface area contributed by atoms with Gasteiger partial charge in [0.25, 0.3) is 0 Å². The number of aromatic nitrogens is 1. The number of hydrogen-bond acceptors (Lipinski definition) is 4. The van der Waals surface area contributed by atoms with Crippen molar-refractivity contribution in [1.29, 1.82) is 0 Å². The van der Waals surface area contributed by atoms with Crippen molar-refractivity contribution in [3.05, 3.63) is 71.9 Å². The van der Waals surface area contributed by atoms with E-state index in [9.17, 15) is 5.11 Å². The highest BCUT2D eigenvalue weighted by molar-refractivity contribution is 5.81. The molecule has 2 fully saturated rings. The Morgan fingerprint density at radius 1 is 1.00 bits per heavy atom. The number of benzene rings is 2. The third-order valence-corrected chi connectivity index (χ3v) is 7.00. The number of piperidine rings is 1. The highest BCUT2D eigenvalue weighted by atomic mass is 16.3. The van der Waals surface area contributed by atoms with Crippen LogP contribution in [0.25, 0.3) is 10.9 Å². The van der Waals surface area contributed by atoms with Gasteiger partial charge in [0.15, 0.2) is 0 Å². The number of β-amino-alcohol motifs (C(OH)–C–C–N with tert-alkyl or cyclic N) is 1. The van der Waals surface area contributed by atoms with Gasteiger partial charge in [0, 0.05) is 55.4 Å². The first-order valence-electron chi connectivity index (χ1n) is 11.2. The molecule has 1 aromatic heterocycles. The minimum Gasteiger partial charge on any atom is -0.391 e. The fourth-order valence-electron chi connectivity index (χ4n) is 5.31. The van der Waals surface area contributed by atoms with Crippen LogP contribution < -0.4 is 4.90 Å². The first-order valence-corrected chi connectivity index (χ1v) is 11.2. The molecule has 2 atom stereocenters. The van der Waals surface area contributed by atoms with Gasteiger partial charge in [0.05, 0.1) is 11.6 Å². The maximum Gasteiger partial charge on any atom is 0.0710 e. The number of aryl methyl sites for hydroxylation is 1. The molecule has 2 aliphatic rings. The molecule has 156 valence electrons. The van der Waals surface area contributed by atoms with Crippen molar-refractivity contribution in [2.45, 2.75) is 38.3 Å². The second kappa shape index (κ2) is 8.37. The molecule has 4 nitrogen and oxygen atoms in total. The molecule has 3 aromatic rings. The topological polar surface area (TPSA) is 39.6 Å². The summed E-state index contributed by atoms with van der Waals surface area (Å²) in [4.78, 5) is 9.54. The lowest BCUT2D eigenvalue weighted by Crippen LogP contribution is -2.44. The molecule has 1 N–H and O–H groups in total. The molecule has 0 radical (unpaired) electrons. The summed E-state index contributed by atoms with van der Waals surface area (Å²) in [6, 6.07) is 19.9. The quantitative estimate of drug-likeness (QED) is 0.716. The summed E-state index contributed by atoms with van der Waals surface area (Å²) in [7, 11) is 0. The maximum absolute atomic E-state index is 10.8. The van der Waals surface area contributed by atoms with Gasteiger partial charge < -0.3 is 10.0 Å². The Hall–Kier alpha value is -2.43. The number of rotatable bonds is 4. The Labute approximate surface area is 179 Å². The third-order valence-electron chi connectivity index (χ3n) is 7.00. The van der Waals surface area contributed by atoms with Crippen LogP contribution in [0.5, 0.6) is 0 Å². The normalized spacial score (nSPS) is 23.3. The summed E-state index contributed by atoms with van der Waals surface area (Å²) in [5.41, 5.74) is 5.02. The molecule has 30 heavy (non-hydrogen) atoms. The lowest BCUT2D eigenvalue weighted by atomic mass is 9.94. The van der Waals surface area contributed by atoms with Gasteiger partial charge in [-0.2, -0.15) is 0 Å².